The van der Waals surface area contributed by atoms with E-state index in [0.29, 0.717) is 21.6 Å². The largest absolute Gasteiger partial charge is 0.454 e. The Kier molecular flexibility index (Phi) is 5.02. The van der Waals surface area contributed by atoms with Crippen molar-refractivity contribution in [3.8, 4) is 5.75 Å². The molecular weight excluding hydrogens is 327 g/mol. The fraction of sp³-hybridized carbons (Fsp3) is 0. The fourth-order valence-corrected chi connectivity index (χ4v) is 2.64. The van der Waals surface area contributed by atoms with E-state index in [1.165, 1.54) is 0 Å². The Balaban J connectivity index is 2.05. The molecule has 0 saturated heterocycles. The Morgan fingerprint density at radius 2 is 1.26 bits per heavy atom. The van der Waals surface area contributed by atoms with Crippen molar-refractivity contribution in [3.05, 3.63) is 100 Å². The van der Waals surface area contributed by atoms with Gasteiger partial charge in [0, 0.05) is 5.56 Å². The molecule has 3 aromatic rings. The van der Waals surface area contributed by atoms with Gasteiger partial charge in [-0.25, -0.2) is 0 Å². The molecule has 0 aliphatic carbocycles. The van der Waals surface area contributed by atoms with Crippen LogP contribution in [-0.4, -0.2) is 0 Å². The van der Waals surface area contributed by atoms with Gasteiger partial charge in [0.25, 0.3) is 0 Å². The van der Waals surface area contributed by atoms with Gasteiger partial charge in [0.05, 0.1) is 10.0 Å². The first kappa shape index (κ1) is 15.7. The van der Waals surface area contributed by atoms with Crippen LogP contribution in [0.3, 0.4) is 0 Å². The highest BCUT2D eigenvalue weighted by molar-refractivity contribution is 6.37. The maximum atomic E-state index is 6.23. The highest BCUT2D eigenvalue weighted by atomic mass is 35.5. The van der Waals surface area contributed by atoms with Crippen molar-refractivity contribution < 1.29 is 4.74 Å². The first-order valence-corrected chi connectivity index (χ1v) is 7.93. The Morgan fingerprint density at radius 3 is 1.87 bits per heavy atom. The van der Waals surface area contributed by atoms with Gasteiger partial charge >= 0.3 is 0 Å². The summed E-state index contributed by atoms with van der Waals surface area (Å²) in [7, 11) is 0. The van der Waals surface area contributed by atoms with Gasteiger partial charge in [-0.2, -0.15) is 0 Å². The minimum Gasteiger partial charge on any atom is -0.454 e. The number of ether oxygens (including phenoxy) is 1. The summed E-state index contributed by atoms with van der Waals surface area (Å²) in [6.45, 7) is 0. The molecule has 0 aliphatic heterocycles. The molecule has 3 rings (SSSR count). The molecule has 23 heavy (non-hydrogen) atoms. The van der Waals surface area contributed by atoms with Crippen molar-refractivity contribution in [2.45, 2.75) is 0 Å². The molecule has 3 heteroatoms. The van der Waals surface area contributed by atoms with Gasteiger partial charge in [0.2, 0.25) is 0 Å². The van der Waals surface area contributed by atoms with E-state index in [4.69, 9.17) is 27.9 Å². The molecule has 0 heterocycles. The molecule has 0 atom stereocenters. The summed E-state index contributed by atoms with van der Waals surface area (Å²) >= 11 is 12.5. The molecule has 0 saturated carbocycles. The molecule has 0 N–H and O–H groups in total. The lowest BCUT2D eigenvalue weighted by atomic mass is 10.1. The van der Waals surface area contributed by atoms with Crippen LogP contribution in [0.25, 0.3) is 11.8 Å². The van der Waals surface area contributed by atoms with Crippen LogP contribution in [0.4, 0.5) is 0 Å². The van der Waals surface area contributed by atoms with Crippen LogP contribution in [0.1, 0.15) is 11.1 Å². The molecular formula is C20H14Cl2O. The summed E-state index contributed by atoms with van der Waals surface area (Å²) < 4.78 is 6.06. The maximum Gasteiger partial charge on any atom is 0.164 e. The van der Waals surface area contributed by atoms with Crippen LogP contribution in [-0.2, 0) is 0 Å². The van der Waals surface area contributed by atoms with E-state index < -0.39 is 0 Å². The van der Waals surface area contributed by atoms with Gasteiger partial charge in [0.15, 0.2) is 5.75 Å². The van der Waals surface area contributed by atoms with Crippen LogP contribution < -0.4 is 4.74 Å². The van der Waals surface area contributed by atoms with E-state index in [1.54, 1.807) is 18.2 Å². The zero-order valence-corrected chi connectivity index (χ0v) is 13.8. The van der Waals surface area contributed by atoms with Crippen LogP contribution in [0.2, 0.25) is 10.0 Å². The lowest BCUT2D eigenvalue weighted by molar-refractivity contribution is 0.518. The van der Waals surface area contributed by atoms with Crippen molar-refractivity contribution in [1.29, 1.82) is 0 Å². The lowest BCUT2D eigenvalue weighted by Gasteiger charge is -2.13. The Labute approximate surface area is 145 Å². The van der Waals surface area contributed by atoms with Crippen LogP contribution >= 0.6 is 23.2 Å². The van der Waals surface area contributed by atoms with Gasteiger partial charge in [-0.05, 0) is 23.8 Å². The number of benzene rings is 3. The highest BCUT2D eigenvalue weighted by Crippen LogP contribution is 2.36. The zero-order chi connectivity index (χ0) is 16.1. The average molecular weight is 341 g/mol. The zero-order valence-electron chi connectivity index (χ0n) is 12.2. The molecule has 0 aromatic heterocycles. The molecule has 0 aliphatic rings. The molecule has 0 spiro atoms. The highest BCUT2D eigenvalue weighted by Gasteiger charge is 2.11. The van der Waals surface area contributed by atoms with Crippen molar-refractivity contribution in [2.75, 3.05) is 0 Å². The Bertz CT molecular complexity index is 791. The third kappa shape index (κ3) is 3.95. The van der Waals surface area contributed by atoms with E-state index in [-0.39, 0.29) is 0 Å². The van der Waals surface area contributed by atoms with Crippen molar-refractivity contribution in [2.24, 2.45) is 0 Å². The molecule has 0 fully saturated rings. The lowest BCUT2D eigenvalue weighted by Crippen LogP contribution is -1.96. The summed E-state index contributed by atoms with van der Waals surface area (Å²) in [6.07, 6.45) is 1.97. The van der Waals surface area contributed by atoms with Gasteiger partial charge in [0.1, 0.15) is 5.76 Å². The molecule has 0 unspecified atom stereocenters. The molecule has 0 amide bonds. The SMILES string of the molecule is Clc1cccc(Cl)c1O/C(=C\c1ccccc1)c1ccccc1. The second-order valence-electron chi connectivity index (χ2n) is 4.94. The predicted octanol–water partition coefficient (Wildman–Crippen LogP) is 6.57. The Hall–Kier alpha value is -2.22. The van der Waals surface area contributed by atoms with Crippen molar-refractivity contribution in [3.63, 3.8) is 0 Å². The quantitative estimate of drug-likeness (QED) is 0.385. The smallest absolute Gasteiger partial charge is 0.164 e. The minimum absolute atomic E-state index is 0.460. The standard InChI is InChI=1S/C20H14Cl2O/c21-17-12-7-13-18(22)20(17)23-19(16-10-5-2-6-11-16)14-15-8-3-1-4-9-15/h1-14H/b19-14-. The predicted molar refractivity (Wildman–Crippen MR) is 97.8 cm³/mol. The molecule has 3 aromatic carbocycles. The van der Waals surface area contributed by atoms with Gasteiger partial charge in [-0.15, -0.1) is 0 Å². The van der Waals surface area contributed by atoms with Crippen LogP contribution in [0, 0.1) is 0 Å². The summed E-state index contributed by atoms with van der Waals surface area (Å²) in [5, 5.41) is 0.958. The normalized spacial score (nSPS) is 11.3. The Morgan fingerprint density at radius 1 is 0.696 bits per heavy atom. The van der Waals surface area contributed by atoms with E-state index in [2.05, 4.69) is 0 Å². The maximum absolute atomic E-state index is 6.23. The second kappa shape index (κ2) is 7.36. The fourth-order valence-electron chi connectivity index (χ4n) is 2.16. The summed E-state index contributed by atoms with van der Waals surface area (Å²) in [5.74, 6) is 1.15. The third-order valence-electron chi connectivity index (χ3n) is 3.29. The number of para-hydroxylation sites is 1. The molecule has 1 nitrogen and oxygen atoms in total. The van der Waals surface area contributed by atoms with E-state index in [9.17, 15) is 0 Å². The summed E-state index contributed by atoms with van der Waals surface area (Å²) in [6, 6.07) is 25.1. The van der Waals surface area contributed by atoms with E-state index in [0.717, 1.165) is 11.1 Å². The number of halogens is 2. The number of rotatable bonds is 4. The van der Waals surface area contributed by atoms with E-state index >= 15 is 0 Å². The van der Waals surface area contributed by atoms with Crippen molar-refractivity contribution >= 4 is 35.0 Å². The summed E-state index contributed by atoms with van der Waals surface area (Å²) in [5.41, 5.74) is 1.99. The first-order chi connectivity index (χ1) is 11.2. The molecule has 114 valence electrons. The molecule has 0 radical (unpaired) electrons. The van der Waals surface area contributed by atoms with Gasteiger partial charge in [-0.1, -0.05) is 89.9 Å². The number of hydrogen-bond acceptors (Lipinski definition) is 1. The average Bonchev–Trinajstić information content (AvgIpc) is 2.59. The summed E-state index contributed by atoms with van der Waals surface area (Å²) in [4.78, 5) is 0. The monoisotopic (exact) mass is 340 g/mol. The first-order valence-electron chi connectivity index (χ1n) is 7.18. The number of hydrogen-bond donors (Lipinski definition) is 0. The second-order valence-corrected chi connectivity index (χ2v) is 5.75. The third-order valence-corrected chi connectivity index (χ3v) is 3.88. The topological polar surface area (TPSA) is 9.23 Å². The van der Waals surface area contributed by atoms with Crippen LogP contribution in [0.15, 0.2) is 78.9 Å². The van der Waals surface area contributed by atoms with E-state index in [1.807, 2.05) is 66.7 Å². The van der Waals surface area contributed by atoms with Gasteiger partial charge < -0.3 is 4.74 Å². The van der Waals surface area contributed by atoms with Crippen molar-refractivity contribution in [1.82, 2.24) is 0 Å². The van der Waals surface area contributed by atoms with Gasteiger partial charge in [-0.3, -0.25) is 0 Å². The van der Waals surface area contributed by atoms with Crippen LogP contribution in [0.5, 0.6) is 5.75 Å². The molecule has 0 bridgehead atoms. The minimum atomic E-state index is 0.460.